The van der Waals surface area contributed by atoms with Crippen molar-refractivity contribution in [2.24, 2.45) is 10.9 Å². The first-order valence-corrected chi connectivity index (χ1v) is 9.74. The molecule has 0 aliphatic carbocycles. The van der Waals surface area contributed by atoms with Crippen LogP contribution in [0.25, 0.3) is 0 Å². The molecule has 2 N–H and O–H groups in total. The maximum absolute atomic E-state index is 13.2. The van der Waals surface area contributed by atoms with Gasteiger partial charge < -0.3 is 20.4 Å². The highest BCUT2D eigenvalue weighted by atomic mass is 19.1. The van der Waals surface area contributed by atoms with Crippen molar-refractivity contribution < 1.29 is 4.39 Å². The third-order valence-corrected chi connectivity index (χ3v) is 4.67. The molecule has 0 spiro atoms. The monoisotopic (exact) mass is 363 g/mol. The van der Waals surface area contributed by atoms with Crippen LogP contribution in [-0.2, 0) is 6.42 Å². The molecule has 0 radical (unpaired) electrons. The molecule has 146 valence electrons. The molecule has 1 atom stereocenters. The Morgan fingerprint density at radius 1 is 1.23 bits per heavy atom. The summed E-state index contributed by atoms with van der Waals surface area (Å²) in [5.41, 5.74) is 0.997. The van der Waals surface area contributed by atoms with Gasteiger partial charge in [-0.15, -0.1) is 0 Å². The second kappa shape index (κ2) is 11.1. The highest BCUT2D eigenvalue weighted by Crippen LogP contribution is 2.05. The summed E-state index contributed by atoms with van der Waals surface area (Å²) >= 11 is 0. The number of nitrogens with one attached hydrogen (secondary N) is 2. The number of nitrogens with zero attached hydrogens (tertiary/aromatic N) is 3. The Morgan fingerprint density at radius 3 is 2.69 bits per heavy atom. The minimum absolute atomic E-state index is 0.180. The van der Waals surface area contributed by atoms with Gasteiger partial charge in [0.2, 0.25) is 0 Å². The van der Waals surface area contributed by atoms with Crippen molar-refractivity contribution in [3.8, 4) is 0 Å². The standard InChI is InChI=1S/C20H34FN5/c1-4-22-20(23-9-8-18-6-5-7-19(21)14-18)24-15-17(2)16-26-12-10-25(3)11-13-26/h5-7,14,17H,4,8-13,15-16H2,1-3H3,(H2,22,23,24). The van der Waals surface area contributed by atoms with E-state index in [1.807, 2.05) is 6.07 Å². The smallest absolute Gasteiger partial charge is 0.191 e. The minimum Gasteiger partial charge on any atom is -0.357 e. The van der Waals surface area contributed by atoms with Gasteiger partial charge in [0.05, 0.1) is 0 Å². The van der Waals surface area contributed by atoms with Crippen LogP contribution < -0.4 is 10.6 Å². The van der Waals surface area contributed by atoms with Crippen molar-refractivity contribution in [1.82, 2.24) is 20.4 Å². The molecule has 1 aliphatic heterocycles. The molecule has 0 bridgehead atoms. The molecule has 5 nitrogen and oxygen atoms in total. The highest BCUT2D eigenvalue weighted by Gasteiger charge is 2.15. The van der Waals surface area contributed by atoms with Crippen LogP contribution >= 0.6 is 0 Å². The van der Waals surface area contributed by atoms with Crippen LogP contribution in [0.2, 0.25) is 0 Å². The number of likely N-dealkylation sites (N-methyl/N-ethyl adjacent to an activating group) is 1. The zero-order valence-electron chi connectivity index (χ0n) is 16.5. The predicted molar refractivity (Wildman–Crippen MR) is 107 cm³/mol. The third-order valence-electron chi connectivity index (χ3n) is 4.67. The first kappa shape index (κ1) is 20.6. The van der Waals surface area contributed by atoms with Gasteiger partial charge in [-0.1, -0.05) is 19.1 Å². The SMILES string of the molecule is CCNC(=NCC(C)CN1CCN(C)CC1)NCCc1cccc(F)c1. The summed E-state index contributed by atoms with van der Waals surface area (Å²) in [6.45, 7) is 12.4. The van der Waals surface area contributed by atoms with E-state index in [4.69, 9.17) is 4.99 Å². The van der Waals surface area contributed by atoms with Crippen LogP contribution in [0.4, 0.5) is 4.39 Å². The van der Waals surface area contributed by atoms with E-state index in [-0.39, 0.29) is 5.82 Å². The van der Waals surface area contributed by atoms with E-state index in [0.29, 0.717) is 5.92 Å². The lowest BCUT2D eigenvalue weighted by molar-refractivity contribution is 0.140. The molecule has 0 saturated carbocycles. The third kappa shape index (κ3) is 7.70. The predicted octanol–water partition coefficient (Wildman–Crippen LogP) is 1.81. The van der Waals surface area contributed by atoms with Crippen molar-refractivity contribution in [2.75, 3.05) is 59.4 Å². The van der Waals surface area contributed by atoms with Crippen molar-refractivity contribution in [3.05, 3.63) is 35.6 Å². The van der Waals surface area contributed by atoms with E-state index < -0.39 is 0 Å². The quantitative estimate of drug-likeness (QED) is 0.546. The van der Waals surface area contributed by atoms with Crippen LogP contribution in [-0.4, -0.2) is 75.2 Å². The Morgan fingerprint density at radius 2 is 2.00 bits per heavy atom. The Hall–Kier alpha value is -1.66. The zero-order valence-corrected chi connectivity index (χ0v) is 16.5. The van der Waals surface area contributed by atoms with Crippen LogP contribution in [0.1, 0.15) is 19.4 Å². The van der Waals surface area contributed by atoms with E-state index in [0.717, 1.165) is 70.3 Å². The summed E-state index contributed by atoms with van der Waals surface area (Å²) in [7, 11) is 2.18. The van der Waals surface area contributed by atoms with E-state index >= 15 is 0 Å². The maximum Gasteiger partial charge on any atom is 0.191 e. The van der Waals surface area contributed by atoms with Crippen molar-refractivity contribution in [3.63, 3.8) is 0 Å². The van der Waals surface area contributed by atoms with Gasteiger partial charge in [-0.25, -0.2) is 4.39 Å². The molecule has 0 amide bonds. The fourth-order valence-corrected chi connectivity index (χ4v) is 3.14. The van der Waals surface area contributed by atoms with Gasteiger partial charge in [0.25, 0.3) is 0 Å². The summed E-state index contributed by atoms with van der Waals surface area (Å²) in [5.74, 6) is 1.19. The zero-order chi connectivity index (χ0) is 18.8. The molecule has 1 fully saturated rings. The molecular weight excluding hydrogens is 329 g/mol. The van der Waals surface area contributed by atoms with Gasteiger partial charge in [-0.05, 0) is 44.0 Å². The topological polar surface area (TPSA) is 42.9 Å². The molecule has 1 saturated heterocycles. The molecule has 1 aliphatic rings. The first-order valence-electron chi connectivity index (χ1n) is 9.74. The number of piperazine rings is 1. The highest BCUT2D eigenvalue weighted by molar-refractivity contribution is 5.79. The Labute approximate surface area is 157 Å². The summed E-state index contributed by atoms with van der Waals surface area (Å²) in [4.78, 5) is 9.64. The molecule has 1 heterocycles. The van der Waals surface area contributed by atoms with E-state index in [9.17, 15) is 4.39 Å². The average Bonchev–Trinajstić information content (AvgIpc) is 2.62. The molecule has 1 aromatic rings. The van der Waals surface area contributed by atoms with E-state index in [2.05, 4.69) is 41.3 Å². The van der Waals surface area contributed by atoms with Gasteiger partial charge >= 0.3 is 0 Å². The number of rotatable bonds is 8. The molecule has 1 aromatic carbocycles. The normalized spacial score (nSPS) is 17.9. The number of benzene rings is 1. The number of guanidine groups is 1. The fourth-order valence-electron chi connectivity index (χ4n) is 3.14. The molecular formula is C20H34FN5. The van der Waals surface area contributed by atoms with Crippen molar-refractivity contribution in [1.29, 1.82) is 0 Å². The van der Waals surface area contributed by atoms with Crippen LogP contribution in [0.5, 0.6) is 0 Å². The number of aliphatic imine (C=N–C) groups is 1. The van der Waals surface area contributed by atoms with E-state index in [1.165, 1.54) is 6.07 Å². The van der Waals surface area contributed by atoms with Gasteiger partial charge in [0.1, 0.15) is 5.82 Å². The molecule has 6 heteroatoms. The Balaban J connectivity index is 1.74. The lowest BCUT2D eigenvalue weighted by Gasteiger charge is -2.33. The molecule has 26 heavy (non-hydrogen) atoms. The number of hydrogen-bond acceptors (Lipinski definition) is 3. The molecule has 1 unspecified atom stereocenters. The van der Waals surface area contributed by atoms with Gasteiger partial charge in [-0.3, -0.25) is 4.99 Å². The number of hydrogen-bond donors (Lipinski definition) is 2. The average molecular weight is 364 g/mol. The maximum atomic E-state index is 13.2. The number of halogens is 1. The van der Waals surface area contributed by atoms with Gasteiger partial charge in [0.15, 0.2) is 5.96 Å². The first-order chi connectivity index (χ1) is 12.6. The summed E-state index contributed by atoms with van der Waals surface area (Å²) < 4.78 is 13.2. The van der Waals surface area contributed by atoms with Crippen molar-refractivity contribution >= 4 is 5.96 Å². The van der Waals surface area contributed by atoms with Gasteiger partial charge in [0, 0.05) is 52.4 Å². The molecule has 0 aromatic heterocycles. The summed E-state index contributed by atoms with van der Waals surface area (Å²) in [6.07, 6.45) is 0.777. The summed E-state index contributed by atoms with van der Waals surface area (Å²) in [5, 5.41) is 6.64. The van der Waals surface area contributed by atoms with Crippen molar-refractivity contribution in [2.45, 2.75) is 20.3 Å². The largest absolute Gasteiger partial charge is 0.357 e. The lowest BCUT2D eigenvalue weighted by Crippen LogP contribution is -2.46. The van der Waals surface area contributed by atoms with Crippen LogP contribution in [0, 0.1) is 11.7 Å². The van der Waals surface area contributed by atoms with Gasteiger partial charge in [-0.2, -0.15) is 0 Å². The minimum atomic E-state index is -0.180. The van der Waals surface area contributed by atoms with Crippen LogP contribution in [0.15, 0.2) is 29.3 Å². The van der Waals surface area contributed by atoms with Crippen LogP contribution in [0.3, 0.4) is 0 Å². The van der Waals surface area contributed by atoms with E-state index in [1.54, 1.807) is 12.1 Å². The second-order valence-electron chi connectivity index (χ2n) is 7.24. The Kier molecular flexibility index (Phi) is 8.85. The Bertz CT molecular complexity index is 555. The summed E-state index contributed by atoms with van der Waals surface area (Å²) in [6, 6.07) is 6.77. The lowest BCUT2D eigenvalue weighted by atomic mass is 10.1. The fraction of sp³-hybridized carbons (Fsp3) is 0.650. The molecule has 2 rings (SSSR count). The second-order valence-corrected chi connectivity index (χ2v) is 7.24.